The van der Waals surface area contributed by atoms with Crippen molar-refractivity contribution in [2.75, 3.05) is 0 Å². The number of aromatic nitrogens is 6. The van der Waals surface area contributed by atoms with Crippen LogP contribution in [-0.4, -0.2) is 34.0 Å². The van der Waals surface area contributed by atoms with Gasteiger partial charge in [0, 0.05) is 14.1 Å². The third-order valence-corrected chi connectivity index (χ3v) is 4.05. The molecule has 0 aliphatic rings. The van der Waals surface area contributed by atoms with Crippen LogP contribution in [0.3, 0.4) is 0 Å². The predicted octanol–water partition coefficient (Wildman–Crippen LogP) is 1.81. The molecule has 0 aliphatic carbocycles. The van der Waals surface area contributed by atoms with Crippen LogP contribution in [0.2, 0.25) is 5.28 Å². The molecule has 21 heavy (non-hydrogen) atoms. The van der Waals surface area contributed by atoms with E-state index < -0.39 is 4.92 Å². The van der Waals surface area contributed by atoms with Crippen LogP contribution in [-0.2, 0) is 14.1 Å². The fourth-order valence-electron chi connectivity index (χ4n) is 1.81. The summed E-state index contributed by atoms with van der Waals surface area (Å²) in [5.41, 5.74) is 1.09. The molecule has 108 valence electrons. The summed E-state index contributed by atoms with van der Waals surface area (Å²) >= 11 is 6.97. The molecular formula is C10H8ClN7O2S. The van der Waals surface area contributed by atoms with Crippen molar-refractivity contribution in [1.82, 2.24) is 29.1 Å². The molecule has 11 heteroatoms. The summed E-state index contributed by atoms with van der Waals surface area (Å²) in [5, 5.41) is 11.9. The molecule has 0 saturated carbocycles. The highest BCUT2D eigenvalue weighted by Crippen LogP contribution is 2.36. The number of halogens is 1. The summed E-state index contributed by atoms with van der Waals surface area (Å²) in [6, 6.07) is 0. The average molecular weight is 326 g/mol. The Morgan fingerprint density at radius 3 is 2.67 bits per heavy atom. The first kappa shape index (κ1) is 13.8. The zero-order chi connectivity index (χ0) is 15.1. The van der Waals surface area contributed by atoms with Crippen LogP contribution in [0.1, 0.15) is 0 Å². The Morgan fingerprint density at radius 1 is 1.24 bits per heavy atom. The highest BCUT2D eigenvalue weighted by molar-refractivity contribution is 7.99. The lowest BCUT2D eigenvalue weighted by atomic mass is 10.5. The first-order chi connectivity index (χ1) is 9.97. The van der Waals surface area contributed by atoms with E-state index in [4.69, 9.17) is 11.6 Å². The van der Waals surface area contributed by atoms with Crippen molar-refractivity contribution in [3.05, 3.63) is 28.1 Å². The van der Waals surface area contributed by atoms with Crippen LogP contribution in [0.5, 0.6) is 0 Å². The minimum absolute atomic E-state index is 0.0357. The Morgan fingerprint density at radius 2 is 1.95 bits per heavy atom. The molecule has 3 heterocycles. The van der Waals surface area contributed by atoms with Gasteiger partial charge in [0.2, 0.25) is 11.6 Å². The maximum atomic E-state index is 11.0. The van der Waals surface area contributed by atoms with Gasteiger partial charge in [0.1, 0.15) is 10.5 Å². The Bertz CT molecular complexity index is 859. The van der Waals surface area contributed by atoms with Gasteiger partial charge in [0.25, 0.3) is 0 Å². The highest BCUT2D eigenvalue weighted by atomic mass is 35.5. The minimum Gasteiger partial charge on any atom is -0.358 e. The molecule has 0 radical (unpaired) electrons. The van der Waals surface area contributed by atoms with Gasteiger partial charge in [0.15, 0.2) is 10.7 Å². The number of aryl methyl sites for hydroxylation is 2. The molecule has 0 fully saturated rings. The van der Waals surface area contributed by atoms with E-state index in [1.54, 1.807) is 29.6 Å². The second kappa shape index (κ2) is 4.97. The van der Waals surface area contributed by atoms with Crippen molar-refractivity contribution in [1.29, 1.82) is 0 Å². The van der Waals surface area contributed by atoms with E-state index in [0.717, 1.165) is 11.8 Å². The van der Waals surface area contributed by atoms with E-state index >= 15 is 0 Å². The fourth-order valence-corrected chi connectivity index (χ4v) is 3.08. The summed E-state index contributed by atoms with van der Waals surface area (Å²) in [4.78, 5) is 26.5. The van der Waals surface area contributed by atoms with Gasteiger partial charge in [-0.2, -0.15) is 4.98 Å². The lowest BCUT2D eigenvalue weighted by Gasteiger charge is -2.04. The lowest BCUT2D eigenvalue weighted by Crippen LogP contribution is -1.97. The SMILES string of the molecule is Cn1cnc([N+](=O)[O-])c1Sc1nc(Cl)nc2ncn(C)c12. The molecule has 3 rings (SSSR count). The van der Waals surface area contributed by atoms with Crippen molar-refractivity contribution in [3.8, 4) is 0 Å². The summed E-state index contributed by atoms with van der Waals surface area (Å²) in [6.07, 6.45) is 2.96. The first-order valence-corrected chi connectivity index (χ1v) is 6.85. The number of fused-ring (bicyclic) bond motifs is 1. The molecule has 0 unspecified atom stereocenters. The molecule has 0 saturated heterocycles. The smallest absolute Gasteiger partial charge is 0.358 e. The number of nitro groups is 1. The van der Waals surface area contributed by atoms with E-state index in [1.165, 1.54) is 6.33 Å². The second-order valence-electron chi connectivity index (χ2n) is 4.17. The number of hydrogen-bond donors (Lipinski definition) is 0. The number of nitrogens with zero attached hydrogens (tertiary/aromatic N) is 7. The molecule has 0 atom stereocenters. The maximum Gasteiger partial charge on any atom is 0.396 e. The summed E-state index contributed by atoms with van der Waals surface area (Å²) in [5.74, 6) is -0.229. The summed E-state index contributed by atoms with van der Waals surface area (Å²) in [7, 11) is 3.46. The lowest BCUT2D eigenvalue weighted by molar-refractivity contribution is -0.392. The van der Waals surface area contributed by atoms with Crippen LogP contribution in [0.25, 0.3) is 11.2 Å². The van der Waals surface area contributed by atoms with Gasteiger partial charge >= 0.3 is 5.82 Å². The number of imidazole rings is 2. The van der Waals surface area contributed by atoms with Gasteiger partial charge in [-0.3, -0.25) is 0 Å². The van der Waals surface area contributed by atoms with E-state index in [1.807, 2.05) is 0 Å². The van der Waals surface area contributed by atoms with E-state index in [9.17, 15) is 10.1 Å². The zero-order valence-electron chi connectivity index (χ0n) is 10.9. The number of rotatable bonds is 3. The largest absolute Gasteiger partial charge is 0.396 e. The molecule has 0 aromatic carbocycles. The van der Waals surface area contributed by atoms with Crippen LogP contribution >= 0.6 is 23.4 Å². The summed E-state index contributed by atoms with van der Waals surface area (Å²) in [6.45, 7) is 0. The Kier molecular flexibility index (Phi) is 3.26. The maximum absolute atomic E-state index is 11.0. The van der Waals surface area contributed by atoms with Crippen LogP contribution in [0.15, 0.2) is 22.7 Å². The molecule has 0 amide bonds. The summed E-state index contributed by atoms with van der Waals surface area (Å²) < 4.78 is 3.29. The fraction of sp³-hybridized carbons (Fsp3) is 0.200. The molecule has 0 aliphatic heterocycles. The normalized spacial score (nSPS) is 11.2. The van der Waals surface area contributed by atoms with Crippen molar-refractivity contribution in [2.45, 2.75) is 10.1 Å². The monoisotopic (exact) mass is 325 g/mol. The standard InChI is InChI=1S/C10H8ClN7O2S/c1-16-3-12-6-5(16)8(15-10(11)14-6)21-9-7(18(19)20)13-4-17(9)2/h3-4H,1-2H3. The topological polar surface area (TPSA) is 105 Å². The van der Waals surface area contributed by atoms with Crippen molar-refractivity contribution < 1.29 is 4.92 Å². The van der Waals surface area contributed by atoms with E-state index in [0.29, 0.717) is 21.2 Å². The molecule has 0 bridgehead atoms. The van der Waals surface area contributed by atoms with Gasteiger partial charge in [-0.25, -0.2) is 9.97 Å². The second-order valence-corrected chi connectivity index (χ2v) is 5.48. The van der Waals surface area contributed by atoms with Crippen molar-refractivity contribution in [3.63, 3.8) is 0 Å². The van der Waals surface area contributed by atoms with Gasteiger partial charge in [-0.1, -0.05) is 0 Å². The quantitative estimate of drug-likeness (QED) is 0.313. The molecule has 3 aromatic rings. The molecule has 0 N–H and O–H groups in total. The Hall–Kier alpha value is -2.20. The zero-order valence-corrected chi connectivity index (χ0v) is 12.5. The molecule has 9 nitrogen and oxygen atoms in total. The van der Waals surface area contributed by atoms with Crippen LogP contribution in [0.4, 0.5) is 5.82 Å². The number of hydrogen-bond acceptors (Lipinski definition) is 7. The minimum atomic E-state index is -0.536. The predicted molar refractivity (Wildman–Crippen MR) is 75.3 cm³/mol. The van der Waals surface area contributed by atoms with Gasteiger partial charge in [0.05, 0.1) is 6.33 Å². The van der Waals surface area contributed by atoms with Gasteiger partial charge in [-0.05, 0) is 33.3 Å². The highest BCUT2D eigenvalue weighted by Gasteiger charge is 2.24. The van der Waals surface area contributed by atoms with Crippen molar-refractivity contribution >= 4 is 40.3 Å². The van der Waals surface area contributed by atoms with Crippen LogP contribution < -0.4 is 0 Å². The Labute approximate surface area is 127 Å². The van der Waals surface area contributed by atoms with Crippen molar-refractivity contribution in [2.24, 2.45) is 14.1 Å². The Balaban J connectivity index is 2.16. The molecule has 3 aromatic heterocycles. The molecular weight excluding hydrogens is 318 g/mol. The molecule has 0 spiro atoms. The average Bonchev–Trinajstić information content (AvgIpc) is 2.94. The van der Waals surface area contributed by atoms with E-state index in [2.05, 4.69) is 19.9 Å². The van der Waals surface area contributed by atoms with Crippen LogP contribution in [0, 0.1) is 10.1 Å². The van der Waals surface area contributed by atoms with E-state index in [-0.39, 0.29) is 11.1 Å². The first-order valence-electron chi connectivity index (χ1n) is 5.65. The van der Waals surface area contributed by atoms with Gasteiger partial charge < -0.3 is 19.2 Å². The third-order valence-electron chi connectivity index (χ3n) is 2.74. The third kappa shape index (κ3) is 2.32. The van der Waals surface area contributed by atoms with Gasteiger partial charge in [-0.15, -0.1) is 0 Å².